The summed E-state index contributed by atoms with van der Waals surface area (Å²) in [6, 6.07) is 0.353. The summed E-state index contributed by atoms with van der Waals surface area (Å²) in [4.78, 5) is 33.1. The van der Waals surface area contributed by atoms with E-state index in [0.29, 0.717) is 44.3 Å². The third-order valence-corrected chi connectivity index (χ3v) is 6.03. The first-order valence-corrected chi connectivity index (χ1v) is 10.5. The van der Waals surface area contributed by atoms with Crippen LogP contribution in [0, 0.1) is 0 Å². The molecule has 1 saturated heterocycles. The van der Waals surface area contributed by atoms with Crippen molar-refractivity contribution in [3.05, 3.63) is 16.1 Å². The van der Waals surface area contributed by atoms with E-state index in [1.165, 1.54) is 30.6 Å². The van der Waals surface area contributed by atoms with Gasteiger partial charge in [-0.1, -0.05) is 19.3 Å². The molecular formula is C18H31Cl2N5O2S. The minimum absolute atomic E-state index is 0. The van der Waals surface area contributed by atoms with E-state index in [9.17, 15) is 9.59 Å². The molecule has 0 aromatic carbocycles. The van der Waals surface area contributed by atoms with E-state index in [0.717, 1.165) is 30.9 Å². The van der Waals surface area contributed by atoms with Gasteiger partial charge in [-0.3, -0.25) is 14.5 Å². The molecule has 0 atom stereocenters. The summed E-state index contributed by atoms with van der Waals surface area (Å²) in [5.74, 6) is 0.0958. The van der Waals surface area contributed by atoms with Crippen LogP contribution in [0.15, 0.2) is 5.38 Å². The molecular weight excluding hydrogens is 421 g/mol. The molecule has 2 heterocycles. The van der Waals surface area contributed by atoms with Crippen LogP contribution in [-0.2, 0) is 11.2 Å². The highest BCUT2D eigenvalue weighted by Gasteiger charge is 2.25. The molecule has 2 aliphatic rings. The number of carbonyl (C=O) groups is 2. The summed E-state index contributed by atoms with van der Waals surface area (Å²) in [6.45, 7) is 3.70. The first-order chi connectivity index (χ1) is 12.7. The molecule has 1 aromatic heterocycles. The molecule has 10 heteroatoms. The summed E-state index contributed by atoms with van der Waals surface area (Å²) < 4.78 is 0. The number of rotatable bonds is 6. The quantitative estimate of drug-likeness (QED) is 0.686. The summed E-state index contributed by atoms with van der Waals surface area (Å²) in [6.07, 6.45) is 6.64. The number of carbonyl (C=O) groups excluding carboxylic acids is 2. The van der Waals surface area contributed by atoms with Crippen LogP contribution in [0.3, 0.4) is 0 Å². The Hall–Kier alpha value is -0.930. The summed E-state index contributed by atoms with van der Waals surface area (Å²) in [7, 11) is 0. The van der Waals surface area contributed by atoms with Crippen molar-refractivity contribution < 1.29 is 9.59 Å². The Bertz CT molecular complexity index is 617. The third kappa shape index (κ3) is 7.15. The van der Waals surface area contributed by atoms with Crippen LogP contribution in [0.5, 0.6) is 0 Å². The van der Waals surface area contributed by atoms with Gasteiger partial charge in [0.15, 0.2) is 0 Å². The highest BCUT2D eigenvalue weighted by Crippen LogP contribution is 2.17. The highest BCUT2D eigenvalue weighted by molar-refractivity contribution is 7.09. The van der Waals surface area contributed by atoms with Crippen LogP contribution in [0.25, 0.3) is 0 Å². The monoisotopic (exact) mass is 451 g/mol. The Balaban J connectivity index is 0.00000196. The van der Waals surface area contributed by atoms with Gasteiger partial charge in [0, 0.05) is 44.0 Å². The molecule has 0 radical (unpaired) electrons. The van der Waals surface area contributed by atoms with Crippen molar-refractivity contribution in [1.82, 2.24) is 20.1 Å². The lowest BCUT2D eigenvalue weighted by Crippen LogP contribution is -2.52. The number of nitrogens with zero attached hydrogens (tertiary/aromatic N) is 3. The number of halogens is 2. The average Bonchev–Trinajstić information content (AvgIpc) is 3.11. The zero-order valence-electron chi connectivity index (χ0n) is 16.1. The number of aromatic nitrogens is 1. The van der Waals surface area contributed by atoms with E-state index < -0.39 is 0 Å². The molecule has 3 rings (SSSR count). The van der Waals surface area contributed by atoms with E-state index in [2.05, 4.69) is 15.2 Å². The minimum Gasteiger partial charge on any atom is -0.352 e. The van der Waals surface area contributed by atoms with Crippen LogP contribution in [-0.4, -0.2) is 71.9 Å². The smallest absolute Gasteiger partial charge is 0.273 e. The third-order valence-electron chi connectivity index (χ3n) is 5.13. The fourth-order valence-corrected chi connectivity index (χ4v) is 4.43. The zero-order valence-corrected chi connectivity index (χ0v) is 18.5. The van der Waals surface area contributed by atoms with Gasteiger partial charge in [0.05, 0.1) is 11.6 Å². The second-order valence-electron chi connectivity index (χ2n) is 7.14. The summed E-state index contributed by atoms with van der Waals surface area (Å²) in [5.41, 5.74) is 6.05. The molecule has 1 aromatic rings. The number of nitrogens with two attached hydrogens (primary N) is 1. The van der Waals surface area contributed by atoms with Gasteiger partial charge in [-0.05, 0) is 19.4 Å². The maximum atomic E-state index is 12.5. The normalized spacial score (nSPS) is 18.1. The van der Waals surface area contributed by atoms with Crippen molar-refractivity contribution in [3.8, 4) is 0 Å². The molecule has 1 aliphatic carbocycles. The van der Waals surface area contributed by atoms with Crippen LogP contribution in [0.1, 0.15) is 47.6 Å². The van der Waals surface area contributed by atoms with Crippen LogP contribution >= 0.6 is 36.2 Å². The van der Waals surface area contributed by atoms with Crippen LogP contribution < -0.4 is 11.1 Å². The van der Waals surface area contributed by atoms with E-state index in [-0.39, 0.29) is 36.6 Å². The Morgan fingerprint density at radius 2 is 1.82 bits per heavy atom. The van der Waals surface area contributed by atoms with E-state index in [1.54, 1.807) is 0 Å². The molecule has 0 unspecified atom stereocenters. The predicted molar refractivity (Wildman–Crippen MR) is 117 cm³/mol. The van der Waals surface area contributed by atoms with Gasteiger partial charge in [-0.25, -0.2) is 4.98 Å². The van der Waals surface area contributed by atoms with E-state index in [4.69, 9.17) is 5.73 Å². The fraction of sp³-hybridized carbons (Fsp3) is 0.722. The first-order valence-electron chi connectivity index (χ1n) is 9.61. The van der Waals surface area contributed by atoms with Gasteiger partial charge in [-0.15, -0.1) is 36.2 Å². The van der Waals surface area contributed by atoms with Crippen molar-refractivity contribution in [2.45, 2.75) is 44.6 Å². The van der Waals surface area contributed by atoms with Gasteiger partial charge >= 0.3 is 0 Å². The molecule has 7 nitrogen and oxygen atoms in total. The lowest BCUT2D eigenvalue weighted by atomic mass is 9.95. The summed E-state index contributed by atoms with van der Waals surface area (Å²) >= 11 is 1.49. The number of hydrogen-bond acceptors (Lipinski definition) is 6. The lowest BCUT2D eigenvalue weighted by Gasteiger charge is -2.34. The van der Waals surface area contributed by atoms with Gasteiger partial charge in [0.1, 0.15) is 5.69 Å². The fourth-order valence-electron chi connectivity index (χ4n) is 3.64. The Morgan fingerprint density at radius 1 is 1.14 bits per heavy atom. The van der Waals surface area contributed by atoms with Crippen LogP contribution in [0.2, 0.25) is 0 Å². The molecule has 3 N–H and O–H groups in total. The second-order valence-corrected chi connectivity index (χ2v) is 8.08. The van der Waals surface area contributed by atoms with Crippen molar-refractivity contribution in [3.63, 3.8) is 0 Å². The van der Waals surface area contributed by atoms with Gasteiger partial charge < -0.3 is 16.0 Å². The molecule has 160 valence electrons. The largest absolute Gasteiger partial charge is 0.352 e. The first kappa shape index (κ1) is 25.1. The molecule has 2 fully saturated rings. The Morgan fingerprint density at radius 3 is 2.46 bits per heavy atom. The number of amides is 2. The molecule has 1 aliphatic heterocycles. The minimum atomic E-state index is -0.0178. The summed E-state index contributed by atoms with van der Waals surface area (Å²) in [5, 5.41) is 5.89. The van der Waals surface area contributed by atoms with Crippen molar-refractivity contribution in [1.29, 1.82) is 0 Å². The van der Waals surface area contributed by atoms with Gasteiger partial charge in [0.2, 0.25) is 5.91 Å². The van der Waals surface area contributed by atoms with Crippen molar-refractivity contribution in [2.24, 2.45) is 5.73 Å². The van der Waals surface area contributed by atoms with Crippen molar-refractivity contribution >= 4 is 48.0 Å². The van der Waals surface area contributed by atoms with Gasteiger partial charge in [0.25, 0.3) is 5.91 Å². The van der Waals surface area contributed by atoms with E-state index >= 15 is 0 Å². The zero-order chi connectivity index (χ0) is 18.4. The highest BCUT2D eigenvalue weighted by atomic mass is 35.5. The maximum Gasteiger partial charge on any atom is 0.273 e. The Labute approximate surface area is 183 Å². The van der Waals surface area contributed by atoms with Crippen molar-refractivity contribution in [2.75, 3.05) is 39.3 Å². The van der Waals surface area contributed by atoms with Crippen LogP contribution in [0.4, 0.5) is 0 Å². The molecule has 0 spiro atoms. The standard InChI is InChI=1S/C18H29N5O2S.2ClH/c19-7-6-17-21-15(13-26-17)18(25)23-10-8-22(9-11-23)12-16(24)20-14-4-2-1-3-5-14;;/h13-14H,1-12,19H2,(H,20,24);2*1H. The maximum absolute atomic E-state index is 12.5. The number of nitrogens with one attached hydrogen (secondary N) is 1. The lowest BCUT2D eigenvalue weighted by molar-refractivity contribution is -0.123. The molecule has 28 heavy (non-hydrogen) atoms. The molecule has 0 bridgehead atoms. The predicted octanol–water partition coefficient (Wildman–Crippen LogP) is 1.69. The average molecular weight is 452 g/mol. The second kappa shape index (κ2) is 12.6. The topological polar surface area (TPSA) is 91.6 Å². The number of thiazole rings is 1. The van der Waals surface area contributed by atoms with Gasteiger partial charge in [-0.2, -0.15) is 0 Å². The Kier molecular flexibility index (Phi) is 11.3. The molecule has 2 amide bonds. The molecule has 1 saturated carbocycles. The SMILES string of the molecule is Cl.Cl.NCCc1nc(C(=O)N2CCN(CC(=O)NC3CCCCC3)CC2)cs1. The van der Waals surface area contributed by atoms with E-state index in [1.807, 2.05) is 10.3 Å². The number of hydrogen-bond donors (Lipinski definition) is 2. The number of piperazine rings is 1.